The summed E-state index contributed by atoms with van der Waals surface area (Å²) >= 11 is 4.59. The number of aliphatic hydroxyl groups excluding tert-OH is 1. The average Bonchev–Trinajstić information content (AvgIpc) is 3.51. The fraction of sp³-hybridized carbons (Fsp3) is 0.350. The number of benzene rings is 4. The molecule has 2 aliphatic heterocycles. The molecule has 0 saturated carbocycles. The van der Waals surface area contributed by atoms with Crippen LogP contribution in [0.2, 0.25) is 0 Å². The number of ether oxygens (including phenoxy) is 2. The third-order valence-electron chi connectivity index (χ3n) is 10.4. The van der Waals surface area contributed by atoms with E-state index in [-0.39, 0.29) is 43.2 Å². The Hall–Kier alpha value is -3.00. The predicted octanol–water partition coefficient (Wildman–Crippen LogP) is 7.69. The molecule has 4 aromatic carbocycles. The molecule has 1 saturated heterocycles. The summed E-state index contributed by atoms with van der Waals surface area (Å²) in [7, 11) is 1.65. The van der Waals surface area contributed by atoms with Gasteiger partial charge in [-0.05, 0) is 110 Å². The van der Waals surface area contributed by atoms with Crippen molar-refractivity contribution in [3.05, 3.63) is 126 Å². The predicted molar refractivity (Wildman–Crippen MR) is 208 cm³/mol. The molecule has 2 heterocycles. The molecule has 0 unspecified atom stereocenters. The molecule has 9 heteroatoms. The number of amides is 2. The second-order valence-electron chi connectivity index (χ2n) is 13.6. The second kappa shape index (κ2) is 14.7. The lowest BCUT2D eigenvalue weighted by Gasteiger charge is -2.39. The van der Waals surface area contributed by atoms with Crippen LogP contribution in [-0.2, 0) is 38.4 Å². The SMILES string of the molecule is COc1ccc(C(C)(C)[C@H]2[C@H](CC(=O)N(CCO)Cc3ccccc3)O[C@@]3(C(=O)N(Cc4ccc(I)cc4)c4ccc(I)cc43)[C@@H]2C)cc1. The van der Waals surface area contributed by atoms with E-state index in [1.807, 2.05) is 59.5 Å². The zero-order valence-electron chi connectivity index (χ0n) is 28.2. The second-order valence-corrected chi connectivity index (χ2v) is 16.1. The molecule has 6 rings (SSSR count). The number of carbonyl (C=O) groups excluding carboxylic acids is 2. The minimum atomic E-state index is -1.28. The van der Waals surface area contributed by atoms with Gasteiger partial charge < -0.3 is 24.4 Å². The van der Waals surface area contributed by atoms with Crippen LogP contribution in [0.15, 0.2) is 97.1 Å². The topological polar surface area (TPSA) is 79.3 Å². The van der Waals surface area contributed by atoms with Crippen molar-refractivity contribution in [3.63, 3.8) is 0 Å². The van der Waals surface area contributed by atoms with Gasteiger partial charge in [-0.15, -0.1) is 0 Å². The Morgan fingerprint density at radius 1 is 0.959 bits per heavy atom. The summed E-state index contributed by atoms with van der Waals surface area (Å²) in [6.45, 7) is 7.34. The van der Waals surface area contributed by atoms with Gasteiger partial charge in [-0.3, -0.25) is 9.59 Å². The quantitative estimate of drug-likeness (QED) is 0.157. The number of aliphatic hydroxyl groups is 1. The van der Waals surface area contributed by atoms with Crippen molar-refractivity contribution in [3.8, 4) is 5.75 Å². The molecule has 0 aliphatic carbocycles. The van der Waals surface area contributed by atoms with Crippen LogP contribution in [0, 0.1) is 19.0 Å². The van der Waals surface area contributed by atoms with Crippen molar-refractivity contribution in [2.45, 2.75) is 57.4 Å². The van der Waals surface area contributed by atoms with Crippen LogP contribution in [-0.4, -0.2) is 48.2 Å². The summed E-state index contributed by atoms with van der Waals surface area (Å²) in [6.07, 6.45) is -0.503. The summed E-state index contributed by atoms with van der Waals surface area (Å²) in [6, 6.07) is 32.2. The van der Waals surface area contributed by atoms with Gasteiger partial charge >= 0.3 is 0 Å². The first-order valence-corrected chi connectivity index (χ1v) is 18.8. The fourth-order valence-electron chi connectivity index (χ4n) is 7.93. The van der Waals surface area contributed by atoms with E-state index in [1.54, 1.807) is 12.0 Å². The van der Waals surface area contributed by atoms with Gasteiger partial charge in [0.05, 0.1) is 38.5 Å². The van der Waals surface area contributed by atoms with Crippen LogP contribution >= 0.6 is 45.2 Å². The molecule has 2 amide bonds. The van der Waals surface area contributed by atoms with Crippen LogP contribution in [0.5, 0.6) is 5.75 Å². The highest BCUT2D eigenvalue weighted by atomic mass is 127. The normalized spacial score (nSPS) is 21.7. The summed E-state index contributed by atoms with van der Waals surface area (Å²) in [5, 5.41) is 9.96. The molecule has 256 valence electrons. The third-order valence-corrected chi connectivity index (χ3v) is 11.8. The summed E-state index contributed by atoms with van der Waals surface area (Å²) in [5.41, 5.74) is 3.01. The molecule has 2 aliphatic rings. The molecule has 1 N–H and O–H groups in total. The van der Waals surface area contributed by atoms with Gasteiger partial charge in [0.15, 0.2) is 5.60 Å². The molecular formula is C40H42I2N2O5. The van der Waals surface area contributed by atoms with Gasteiger partial charge in [0.2, 0.25) is 5.91 Å². The smallest absolute Gasteiger partial charge is 0.264 e. The highest BCUT2D eigenvalue weighted by Crippen LogP contribution is 2.60. The van der Waals surface area contributed by atoms with Crippen LogP contribution in [0.1, 0.15) is 49.4 Å². The number of anilines is 1. The van der Waals surface area contributed by atoms with Gasteiger partial charge in [0.25, 0.3) is 5.91 Å². The zero-order valence-corrected chi connectivity index (χ0v) is 32.6. The minimum absolute atomic E-state index is 0.0762. The molecule has 7 nitrogen and oxygen atoms in total. The first-order chi connectivity index (χ1) is 23.5. The lowest BCUT2D eigenvalue weighted by Crippen LogP contribution is -2.45. The summed E-state index contributed by atoms with van der Waals surface area (Å²) in [5.74, 6) is 0.0449. The van der Waals surface area contributed by atoms with E-state index in [0.29, 0.717) is 13.1 Å². The number of halogens is 2. The number of hydrogen-bond donors (Lipinski definition) is 1. The van der Waals surface area contributed by atoms with Gasteiger partial charge in [0, 0.05) is 37.6 Å². The summed E-state index contributed by atoms with van der Waals surface area (Å²) < 4.78 is 14.8. The summed E-state index contributed by atoms with van der Waals surface area (Å²) in [4.78, 5) is 32.8. The van der Waals surface area contributed by atoms with Crippen LogP contribution in [0.25, 0.3) is 0 Å². The van der Waals surface area contributed by atoms with Gasteiger partial charge in [-0.25, -0.2) is 0 Å². The molecule has 4 atom stereocenters. The maximum Gasteiger partial charge on any atom is 0.264 e. The van der Waals surface area contributed by atoms with E-state index in [9.17, 15) is 9.90 Å². The molecule has 49 heavy (non-hydrogen) atoms. The number of hydrogen-bond acceptors (Lipinski definition) is 5. The van der Waals surface area contributed by atoms with Crippen molar-refractivity contribution in [2.75, 3.05) is 25.2 Å². The maximum atomic E-state index is 15.0. The molecule has 4 aromatic rings. The average molecular weight is 885 g/mol. The lowest BCUT2D eigenvalue weighted by atomic mass is 9.63. The zero-order chi connectivity index (χ0) is 34.9. The number of carbonyl (C=O) groups is 2. The molecule has 0 bridgehead atoms. The molecule has 1 fully saturated rings. The van der Waals surface area contributed by atoms with Gasteiger partial charge in [0.1, 0.15) is 5.75 Å². The minimum Gasteiger partial charge on any atom is -0.497 e. The van der Waals surface area contributed by atoms with Crippen molar-refractivity contribution < 1.29 is 24.2 Å². The van der Waals surface area contributed by atoms with Crippen molar-refractivity contribution >= 4 is 62.7 Å². The Bertz CT molecular complexity index is 1800. The Labute approximate surface area is 316 Å². The number of rotatable bonds is 11. The number of fused-ring (bicyclic) bond motifs is 2. The van der Waals surface area contributed by atoms with E-state index >= 15 is 4.79 Å². The van der Waals surface area contributed by atoms with E-state index in [4.69, 9.17) is 9.47 Å². The van der Waals surface area contributed by atoms with Crippen LogP contribution < -0.4 is 9.64 Å². The molecule has 0 radical (unpaired) electrons. The van der Waals surface area contributed by atoms with Gasteiger partial charge in [-0.1, -0.05) is 75.4 Å². The first kappa shape index (κ1) is 35.8. The number of nitrogens with zero attached hydrogens (tertiary/aromatic N) is 2. The third kappa shape index (κ3) is 6.88. The monoisotopic (exact) mass is 884 g/mol. The Balaban J connectivity index is 1.42. The highest BCUT2D eigenvalue weighted by molar-refractivity contribution is 14.1. The maximum absolute atomic E-state index is 15.0. The fourth-order valence-corrected chi connectivity index (χ4v) is 8.78. The number of methoxy groups -OCH3 is 1. The first-order valence-electron chi connectivity index (χ1n) is 16.6. The van der Waals surface area contributed by atoms with E-state index in [0.717, 1.165) is 40.8 Å². The molecular weight excluding hydrogens is 842 g/mol. The lowest BCUT2D eigenvalue weighted by molar-refractivity contribution is -0.150. The standard InChI is InChI=1S/C40H42I2N2O5/c1-26-37(39(2,3)29-12-17-32(48-4)18-13-29)35(23-36(46)43(20-21-45)24-27-8-6-5-7-9-27)49-40(26)33-22-31(42)16-19-34(33)44(38(40)47)25-28-10-14-30(41)15-11-28/h5-19,22,26,35,37,45H,20-21,23-25H2,1-4H3/t26-,35+,37-,40+/m1/s1. The van der Waals surface area contributed by atoms with Crippen molar-refractivity contribution in [1.29, 1.82) is 0 Å². The van der Waals surface area contributed by atoms with Crippen LogP contribution in [0.4, 0.5) is 5.69 Å². The van der Waals surface area contributed by atoms with E-state index < -0.39 is 17.1 Å². The van der Waals surface area contributed by atoms with E-state index in [2.05, 4.69) is 108 Å². The van der Waals surface area contributed by atoms with Crippen LogP contribution in [0.3, 0.4) is 0 Å². The molecule has 1 spiro atoms. The Morgan fingerprint density at radius 2 is 1.63 bits per heavy atom. The van der Waals surface area contributed by atoms with Crippen molar-refractivity contribution in [1.82, 2.24) is 4.90 Å². The largest absolute Gasteiger partial charge is 0.497 e. The van der Waals surface area contributed by atoms with Crippen molar-refractivity contribution in [2.24, 2.45) is 11.8 Å². The molecule has 0 aromatic heterocycles. The Morgan fingerprint density at radius 3 is 2.29 bits per heavy atom. The highest BCUT2D eigenvalue weighted by Gasteiger charge is 2.66. The Kier molecular flexibility index (Phi) is 10.7. The van der Waals surface area contributed by atoms with E-state index in [1.165, 1.54) is 0 Å². The van der Waals surface area contributed by atoms with Gasteiger partial charge in [-0.2, -0.15) is 0 Å².